The van der Waals surface area contributed by atoms with E-state index in [0.717, 1.165) is 42.6 Å². The van der Waals surface area contributed by atoms with E-state index in [1.165, 1.54) is 5.56 Å². The van der Waals surface area contributed by atoms with E-state index in [1.54, 1.807) is 0 Å². The van der Waals surface area contributed by atoms with Gasteiger partial charge in [-0.15, -0.1) is 0 Å². The van der Waals surface area contributed by atoms with E-state index in [9.17, 15) is 0 Å². The third-order valence-corrected chi connectivity index (χ3v) is 3.66. The minimum Gasteiger partial charge on any atom is -0.357 e. The van der Waals surface area contributed by atoms with Crippen LogP contribution in [-0.2, 0) is 20.0 Å². The van der Waals surface area contributed by atoms with E-state index in [4.69, 9.17) is 16.6 Å². The number of nitrogens with zero attached hydrogens (tertiary/aromatic N) is 4. The second kappa shape index (κ2) is 8.58. The topological polar surface area (TPSA) is 45.5 Å². The van der Waals surface area contributed by atoms with Crippen LogP contribution in [0.15, 0.2) is 41.7 Å². The Bertz CT molecular complexity index is 650. The van der Waals surface area contributed by atoms with E-state index < -0.39 is 0 Å². The first-order chi connectivity index (χ1) is 11.1. The molecule has 0 atom stereocenters. The van der Waals surface area contributed by atoms with Crippen LogP contribution >= 0.6 is 11.6 Å². The number of rotatable bonds is 6. The fourth-order valence-corrected chi connectivity index (χ4v) is 2.56. The number of hydrogen-bond acceptors (Lipinski definition) is 2. The smallest absolute Gasteiger partial charge is 0.193 e. The van der Waals surface area contributed by atoms with Crippen LogP contribution in [0.3, 0.4) is 0 Å². The van der Waals surface area contributed by atoms with Gasteiger partial charge < -0.3 is 10.2 Å². The lowest BCUT2D eigenvalue weighted by atomic mass is 10.2. The Morgan fingerprint density at radius 1 is 1.39 bits per heavy atom. The predicted molar refractivity (Wildman–Crippen MR) is 95.8 cm³/mol. The highest BCUT2D eigenvalue weighted by atomic mass is 35.5. The Balaban J connectivity index is 1.96. The predicted octanol–water partition coefficient (Wildman–Crippen LogP) is 2.71. The highest BCUT2D eigenvalue weighted by Crippen LogP contribution is 2.12. The molecule has 0 unspecified atom stereocenters. The van der Waals surface area contributed by atoms with Crippen molar-refractivity contribution in [1.29, 1.82) is 0 Å². The van der Waals surface area contributed by atoms with Gasteiger partial charge in [-0.1, -0.05) is 23.7 Å². The summed E-state index contributed by atoms with van der Waals surface area (Å²) in [5, 5.41) is 8.27. The number of aryl methyl sites for hydroxylation is 1. The summed E-state index contributed by atoms with van der Waals surface area (Å²) in [5.41, 5.74) is 2.36. The van der Waals surface area contributed by atoms with E-state index in [2.05, 4.69) is 28.3 Å². The van der Waals surface area contributed by atoms with Crippen molar-refractivity contribution in [3.8, 4) is 0 Å². The van der Waals surface area contributed by atoms with E-state index in [0.29, 0.717) is 0 Å². The quantitative estimate of drug-likeness (QED) is 0.653. The minimum atomic E-state index is 0.730. The number of nitrogens with one attached hydrogen (secondary N) is 1. The van der Waals surface area contributed by atoms with E-state index in [-0.39, 0.29) is 0 Å². The fourth-order valence-electron chi connectivity index (χ4n) is 2.35. The molecule has 1 aromatic carbocycles. The van der Waals surface area contributed by atoms with Crippen LogP contribution < -0.4 is 5.32 Å². The van der Waals surface area contributed by atoms with E-state index in [1.807, 2.05) is 49.4 Å². The van der Waals surface area contributed by atoms with Crippen LogP contribution in [0.1, 0.15) is 18.1 Å². The van der Waals surface area contributed by atoms with Crippen molar-refractivity contribution >= 4 is 17.6 Å². The Labute approximate surface area is 143 Å². The van der Waals surface area contributed by atoms with Gasteiger partial charge in [0.2, 0.25) is 0 Å². The zero-order valence-electron chi connectivity index (χ0n) is 14.0. The Hall–Kier alpha value is -2.01. The van der Waals surface area contributed by atoms with E-state index >= 15 is 0 Å². The van der Waals surface area contributed by atoms with Gasteiger partial charge in [0.05, 0.1) is 6.20 Å². The minimum absolute atomic E-state index is 0.730. The highest BCUT2D eigenvalue weighted by Gasteiger charge is 2.07. The number of guanidine groups is 1. The maximum Gasteiger partial charge on any atom is 0.193 e. The molecular formula is C17H24ClN5. The highest BCUT2D eigenvalue weighted by molar-refractivity contribution is 6.30. The summed E-state index contributed by atoms with van der Waals surface area (Å²) in [6, 6.07) is 7.91. The van der Waals surface area contributed by atoms with Gasteiger partial charge in [-0.2, -0.15) is 5.10 Å². The van der Waals surface area contributed by atoms with Crippen LogP contribution in [0, 0.1) is 0 Å². The lowest BCUT2D eigenvalue weighted by Gasteiger charge is -2.22. The van der Waals surface area contributed by atoms with Gasteiger partial charge in [-0.05, 0) is 36.6 Å². The summed E-state index contributed by atoms with van der Waals surface area (Å²) in [4.78, 5) is 6.81. The average molecular weight is 334 g/mol. The van der Waals surface area contributed by atoms with Crippen molar-refractivity contribution in [2.24, 2.45) is 12.0 Å². The van der Waals surface area contributed by atoms with Crippen LogP contribution in [0.2, 0.25) is 5.02 Å². The Kier molecular flexibility index (Phi) is 6.47. The lowest BCUT2D eigenvalue weighted by molar-refractivity contribution is 0.477. The molecule has 0 saturated carbocycles. The molecule has 0 aliphatic carbocycles. The second-order valence-electron chi connectivity index (χ2n) is 5.49. The zero-order valence-corrected chi connectivity index (χ0v) is 14.7. The molecule has 0 spiro atoms. The fraction of sp³-hybridized carbons (Fsp3) is 0.412. The molecule has 2 aromatic rings. The molecule has 5 nitrogen and oxygen atoms in total. The van der Waals surface area contributed by atoms with Crippen molar-refractivity contribution in [2.75, 3.05) is 20.1 Å². The third kappa shape index (κ3) is 5.60. The lowest BCUT2D eigenvalue weighted by Crippen LogP contribution is -2.38. The van der Waals surface area contributed by atoms with Crippen LogP contribution in [0.5, 0.6) is 0 Å². The summed E-state index contributed by atoms with van der Waals surface area (Å²) in [6.07, 6.45) is 4.80. The molecule has 0 saturated heterocycles. The number of hydrogen-bond donors (Lipinski definition) is 1. The van der Waals surface area contributed by atoms with Gasteiger partial charge in [-0.3, -0.25) is 9.67 Å². The normalized spacial score (nSPS) is 11.6. The molecule has 0 radical (unpaired) electrons. The first kappa shape index (κ1) is 17.3. The maximum atomic E-state index is 6.05. The summed E-state index contributed by atoms with van der Waals surface area (Å²) in [5.74, 6) is 0.899. The molecule has 0 aliphatic rings. The molecule has 0 aliphatic heterocycles. The molecule has 1 aromatic heterocycles. The molecule has 23 heavy (non-hydrogen) atoms. The molecule has 1 heterocycles. The largest absolute Gasteiger partial charge is 0.357 e. The van der Waals surface area contributed by atoms with Crippen molar-refractivity contribution in [3.63, 3.8) is 0 Å². The standard InChI is InChI=1S/C17H24ClN5/c1-4-19-17(20-9-8-15-11-21-23(3)13-15)22(2)12-14-6-5-7-16(18)10-14/h5-7,10-11,13H,4,8-9,12H2,1-3H3,(H,19,20). The van der Waals surface area contributed by atoms with Gasteiger partial charge in [0.1, 0.15) is 0 Å². The van der Waals surface area contributed by atoms with Gasteiger partial charge in [0.15, 0.2) is 5.96 Å². The third-order valence-electron chi connectivity index (χ3n) is 3.43. The summed E-state index contributed by atoms with van der Waals surface area (Å²) >= 11 is 6.05. The van der Waals surface area contributed by atoms with Gasteiger partial charge in [0, 0.05) is 44.9 Å². The maximum absolute atomic E-state index is 6.05. The first-order valence-electron chi connectivity index (χ1n) is 7.80. The van der Waals surface area contributed by atoms with Gasteiger partial charge in [0.25, 0.3) is 0 Å². The molecule has 2 rings (SSSR count). The number of halogens is 1. The van der Waals surface area contributed by atoms with Crippen molar-refractivity contribution in [1.82, 2.24) is 20.0 Å². The van der Waals surface area contributed by atoms with Crippen LogP contribution in [0.25, 0.3) is 0 Å². The molecule has 0 amide bonds. The number of benzene rings is 1. The van der Waals surface area contributed by atoms with Crippen molar-refractivity contribution in [2.45, 2.75) is 19.9 Å². The molecule has 0 fully saturated rings. The molecule has 6 heteroatoms. The average Bonchev–Trinajstić information content (AvgIpc) is 2.92. The SMILES string of the molecule is CCNC(=NCCc1cnn(C)c1)N(C)Cc1cccc(Cl)c1. The zero-order chi connectivity index (χ0) is 16.7. The number of aromatic nitrogens is 2. The van der Waals surface area contributed by atoms with Gasteiger partial charge >= 0.3 is 0 Å². The molecule has 124 valence electrons. The Morgan fingerprint density at radius 2 is 2.22 bits per heavy atom. The van der Waals surface area contributed by atoms with Crippen molar-refractivity contribution in [3.05, 3.63) is 52.8 Å². The van der Waals surface area contributed by atoms with Crippen LogP contribution in [0.4, 0.5) is 0 Å². The Morgan fingerprint density at radius 3 is 2.87 bits per heavy atom. The summed E-state index contributed by atoms with van der Waals surface area (Å²) in [7, 11) is 3.96. The monoisotopic (exact) mass is 333 g/mol. The molecule has 1 N–H and O–H groups in total. The summed E-state index contributed by atoms with van der Waals surface area (Å²) in [6.45, 7) is 4.41. The summed E-state index contributed by atoms with van der Waals surface area (Å²) < 4.78 is 1.82. The van der Waals surface area contributed by atoms with Crippen molar-refractivity contribution < 1.29 is 0 Å². The number of aliphatic imine (C=N–C) groups is 1. The van der Waals surface area contributed by atoms with Crippen LogP contribution in [-0.4, -0.2) is 40.8 Å². The molecule has 0 bridgehead atoms. The van der Waals surface area contributed by atoms with Gasteiger partial charge in [-0.25, -0.2) is 0 Å². The molecular weight excluding hydrogens is 310 g/mol. The second-order valence-corrected chi connectivity index (χ2v) is 5.93. The first-order valence-corrected chi connectivity index (χ1v) is 8.17.